The molecule has 0 radical (unpaired) electrons. The van der Waals surface area contributed by atoms with Crippen LogP contribution in [0.3, 0.4) is 0 Å². The fraction of sp³-hybridized carbons (Fsp3) is 1.00. The van der Waals surface area contributed by atoms with E-state index in [0.29, 0.717) is 0 Å². The van der Waals surface area contributed by atoms with Crippen LogP contribution in [0, 0.1) is 0 Å². The Morgan fingerprint density at radius 3 is 2.36 bits per heavy atom. The first kappa shape index (κ1) is 8.89. The monoisotopic (exact) mass is 164 g/mol. The molecule has 1 saturated heterocycles. The average Bonchev–Trinajstić information content (AvgIpc) is 1.97. The summed E-state index contributed by atoms with van der Waals surface area (Å²) in [5.41, 5.74) is 0. The number of aliphatic hydroxyl groups excluding tert-OH is 4. The van der Waals surface area contributed by atoms with E-state index in [-0.39, 0.29) is 13.0 Å². The Morgan fingerprint density at radius 2 is 1.82 bits per heavy atom. The molecule has 0 unspecified atom stereocenters. The molecule has 1 fully saturated rings. The first-order valence-corrected chi connectivity index (χ1v) is 3.45. The summed E-state index contributed by atoms with van der Waals surface area (Å²) in [6, 6.07) is 0. The second-order valence-corrected chi connectivity index (χ2v) is 2.62. The Morgan fingerprint density at radius 1 is 1.18 bits per heavy atom. The molecular weight excluding hydrogens is 152 g/mol. The van der Waals surface area contributed by atoms with Crippen LogP contribution in [0.15, 0.2) is 0 Å². The van der Waals surface area contributed by atoms with Crippen LogP contribution in [0.4, 0.5) is 0 Å². The minimum atomic E-state index is -1.30. The molecule has 1 aliphatic rings. The van der Waals surface area contributed by atoms with Crippen LogP contribution in [-0.2, 0) is 4.74 Å². The van der Waals surface area contributed by atoms with Crippen molar-refractivity contribution < 1.29 is 25.2 Å². The van der Waals surface area contributed by atoms with Crippen LogP contribution in [0.25, 0.3) is 0 Å². The Labute approximate surface area is 63.8 Å². The largest absolute Gasteiger partial charge is 0.394 e. The third kappa shape index (κ3) is 1.88. The zero-order chi connectivity index (χ0) is 8.43. The lowest BCUT2D eigenvalue weighted by molar-refractivity contribution is -0.251. The van der Waals surface area contributed by atoms with Gasteiger partial charge in [-0.25, -0.2) is 0 Å². The second-order valence-electron chi connectivity index (χ2n) is 2.62. The van der Waals surface area contributed by atoms with Gasteiger partial charge in [-0.15, -0.1) is 0 Å². The van der Waals surface area contributed by atoms with Gasteiger partial charge in [0.05, 0.1) is 12.7 Å². The van der Waals surface area contributed by atoms with Gasteiger partial charge in [0.2, 0.25) is 0 Å². The predicted molar refractivity (Wildman–Crippen MR) is 34.6 cm³/mol. The number of hydrogen-bond acceptors (Lipinski definition) is 5. The SMILES string of the molecule is OC[C@@H]1O[C@@H](O)[C@H](O)C[C@H]1O. The van der Waals surface area contributed by atoms with Crippen molar-refractivity contribution in [2.24, 2.45) is 0 Å². The maximum Gasteiger partial charge on any atom is 0.181 e. The van der Waals surface area contributed by atoms with Gasteiger partial charge in [0.1, 0.15) is 12.2 Å². The zero-order valence-electron chi connectivity index (χ0n) is 5.92. The summed E-state index contributed by atoms with van der Waals surface area (Å²) >= 11 is 0. The molecule has 0 bridgehead atoms. The van der Waals surface area contributed by atoms with Crippen LogP contribution in [0.2, 0.25) is 0 Å². The molecule has 4 N–H and O–H groups in total. The van der Waals surface area contributed by atoms with Crippen LogP contribution >= 0.6 is 0 Å². The summed E-state index contributed by atoms with van der Waals surface area (Å²) in [5, 5.41) is 35.5. The lowest BCUT2D eigenvalue weighted by Gasteiger charge is -2.33. The average molecular weight is 164 g/mol. The van der Waals surface area contributed by atoms with Crippen molar-refractivity contribution >= 4 is 0 Å². The van der Waals surface area contributed by atoms with E-state index in [9.17, 15) is 0 Å². The van der Waals surface area contributed by atoms with Gasteiger partial charge < -0.3 is 25.2 Å². The van der Waals surface area contributed by atoms with Crippen LogP contribution in [-0.4, -0.2) is 51.6 Å². The highest BCUT2D eigenvalue weighted by Gasteiger charge is 2.34. The standard InChI is InChI=1S/C6H12O5/c7-2-5-3(8)1-4(9)6(10)11-5/h3-10H,1-2H2/t3-,4-,5+,6-/m1/s1. The molecule has 1 rings (SSSR count). The van der Waals surface area contributed by atoms with E-state index in [1.807, 2.05) is 0 Å². The van der Waals surface area contributed by atoms with Gasteiger partial charge in [-0.1, -0.05) is 0 Å². The summed E-state index contributed by atoms with van der Waals surface area (Å²) in [7, 11) is 0. The predicted octanol–water partition coefficient (Wildman–Crippen LogP) is -2.19. The molecule has 1 heterocycles. The number of aliphatic hydroxyl groups is 4. The molecule has 4 atom stereocenters. The molecule has 66 valence electrons. The smallest absolute Gasteiger partial charge is 0.181 e. The maximum atomic E-state index is 9.10. The minimum Gasteiger partial charge on any atom is -0.394 e. The topological polar surface area (TPSA) is 90.2 Å². The van der Waals surface area contributed by atoms with Crippen molar-refractivity contribution in [2.45, 2.75) is 31.0 Å². The van der Waals surface area contributed by atoms with Gasteiger partial charge in [-0.2, -0.15) is 0 Å². The maximum absolute atomic E-state index is 9.10. The van der Waals surface area contributed by atoms with Gasteiger partial charge in [0.25, 0.3) is 0 Å². The summed E-state index contributed by atoms with van der Waals surface area (Å²) in [4.78, 5) is 0. The molecule has 0 aromatic carbocycles. The molecular formula is C6H12O5. The van der Waals surface area contributed by atoms with E-state index in [1.54, 1.807) is 0 Å². The van der Waals surface area contributed by atoms with Crippen molar-refractivity contribution in [1.29, 1.82) is 0 Å². The molecule has 0 saturated carbocycles. The Hall–Kier alpha value is -0.200. The van der Waals surface area contributed by atoms with Crippen molar-refractivity contribution in [1.82, 2.24) is 0 Å². The van der Waals surface area contributed by atoms with Gasteiger partial charge in [0, 0.05) is 6.42 Å². The molecule has 0 aliphatic carbocycles. The van der Waals surface area contributed by atoms with Crippen molar-refractivity contribution in [3.63, 3.8) is 0 Å². The molecule has 0 amide bonds. The molecule has 1 aliphatic heterocycles. The minimum absolute atomic E-state index is 0.0341. The Bertz CT molecular complexity index is 128. The first-order chi connectivity index (χ1) is 5.15. The van der Waals surface area contributed by atoms with E-state index in [1.165, 1.54) is 0 Å². The fourth-order valence-electron chi connectivity index (χ4n) is 1.04. The van der Waals surface area contributed by atoms with Crippen molar-refractivity contribution in [3.8, 4) is 0 Å². The van der Waals surface area contributed by atoms with E-state index in [4.69, 9.17) is 20.4 Å². The zero-order valence-corrected chi connectivity index (χ0v) is 5.92. The highest BCUT2D eigenvalue weighted by molar-refractivity contribution is 4.79. The van der Waals surface area contributed by atoms with Gasteiger partial charge in [-0.05, 0) is 0 Å². The molecule has 5 nitrogen and oxygen atoms in total. The van der Waals surface area contributed by atoms with Crippen LogP contribution < -0.4 is 0 Å². The van der Waals surface area contributed by atoms with Crippen LogP contribution in [0.1, 0.15) is 6.42 Å². The second kappa shape index (κ2) is 3.46. The van der Waals surface area contributed by atoms with E-state index in [0.717, 1.165) is 0 Å². The normalized spacial score (nSPS) is 45.8. The molecule has 5 heteroatoms. The third-order valence-corrected chi connectivity index (χ3v) is 1.74. The van der Waals surface area contributed by atoms with E-state index < -0.39 is 24.6 Å². The summed E-state index contributed by atoms with van der Waals surface area (Å²) in [6.45, 7) is -0.356. The lowest BCUT2D eigenvalue weighted by Crippen LogP contribution is -2.48. The number of ether oxygens (including phenoxy) is 1. The lowest BCUT2D eigenvalue weighted by atomic mass is 10.0. The van der Waals surface area contributed by atoms with Gasteiger partial charge >= 0.3 is 0 Å². The summed E-state index contributed by atoms with van der Waals surface area (Å²) in [5.74, 6) is 0. The third-order valence-electron chi connectivity index (χ3n) is 1.74. The highest BCUT2D eigenvalue weighted by atomic mass is 16.6. The van der Waals surface area contributed by atoms with Crippen LogP contribution in [0.5, 0.6) is 0 Å². The van der Waals surface area contributed by atoms with Crippen molar-refractivity contribution in [3.05, 3.63) is 0 Å². The molecule has 11 heavy (non-hydrogen) atoms. The molecule has 0 spiro atoms. The Kier molecular flexibility index (Phi) is 2.80. The number of hydrogen-bond donors (Lipinski definition) is 4. The number of rotatable bonds is 1. The first-order valence-electron chi connectivity index (χ1n) is 3.45. The Balaban J connectivity index is 2.48. The highest BCUT2D eigenvalue weighted by Crippen LogP contribution is 2.18. The fourth-order valence-corrected chi connectivity index (χ4v) is 1.04. The van der Waals surface area contributed by atoms with E-state index >= 15 is 0 Å². The quantitative estimate of drug-likeness (QED) is 0.353. The van der Waals surface area contributed by atoms with Gasteiger partial charge in [-0.3, -0.25) is 0 Å². The molecule has 0 aromatic heterocycles. The summed E-state index contributed by atoms with van der Waals surface area (Å²) in [6.07, 6.45) is -4.01. The van der Waals surface area contributed by atoms with E-state index in [2.05, 4.69) is 4.74 Å². The molecule has 0 aromatic rings. The van der Waals surface area contributed by atoms with Crippen molar-refractivity contribution in [2.75, 3.05) is 6.61 Å². The van der Waals surface area contributed by atoms with Gasteiger partial charge in [0.15, 0.2) is 6.29 Å². The summed E-state index contributed by atoms with van der Waals surface area (Å²) < 4.78 is 4.67.